The summed E-state index contributed by atoms with van der Waals surface area (Å²) in [4.78, 5) is 22.2. The van der Waals surface area contributed by atoms with Crippen molar-refractivity contribution in [2.75, 3.05) is 31.6 Å². The van der Waals surface area contributed by atoms with Gasteiger partial charge < -0.3 is 15.0 Å². The van der Waals surface area contributed by atoms with Crippen molar-refractivity contribution in [2.45, 2.75) is 18.4 Å². The zero-order valence-electron chi connectivity index (χ0n) is 14.7. The summed E-state index contributed by atoms with van der Waals surface area (Å²) in [7, 11) is 0. The third kappa shape index (κ3) is 3.90. The summed E-state index contributed by atoms with van der Waals surface area (Å²) in [6.45, 7) is 2.22. The molecule has 1 atom stereocenters. The first-order chi connectivity index (χ1) is 13.0. The van der Waals surface area contributed by atoms with Crippen LogP contribution in [0.2, 0.25) is 0 Å². The fourth-order valence-corrected chi connectivity index (χ4v) is 3.61. The number of hydrogen-bond acceptors (Lipinski definition) is 5. The number of nitrogens with one attached hydrogen (secondary N) is 1. The van der Waals surface area contributed by atoms with Crippen LogP contribution in [0.4, 0.5) is 14.7 Å². The molecule has 0 saturated carbocycles. The Bertz CT molecular complexity index is 797. The van der Waals surface area contributed by atoms with Gasteiger partial charge in [-0.1, -0.05) is 0 Å². The van der Waals surface area contributed by atoms with Crippen LogP contribution < -0.4 is 5.32 Å². The first kappa shape index (κ1) is 17.8. The Labute approximate surface area is 155 Å². The quantitative estimate of drug-likeness (QED) is 0.891. The number of amides is 1. The summed E-state index contributed by atoms with van der Waals surface area (Å²) in [6.07, 6.45) is 5.19. The number of hydrogen-bond donors (Lipinski definition) is 1. The van der Waals surface area contributed by atoms with Crippen LogP contribution in [-0.4, -0.2) is 52.6 Å². The van der Waals surface area contributed by atoms with E-state index in [0.29, 0.717) is 31.6 Å². The molecule has 1 spiro atoms. The van der Waals surface area contributed by atoms with Crippen LogP contribution in [0.15, 0.2) is 36.7 Å². The van der Waals surface area contributed by atoms with Crippen LogP contribution in [0.5, 0.6) is 0 Å². The molecule has 0 aliphatic carbocycles. The zero-order valence-corrected chi connectivity index (χ0v) is 14.7. The van der Waals surface area contributed by atoms with Gasteiger partial charge in [0, 0.05) is 30.6 Å². The third-order valence-electron chi connectivity index (χ3n) is 5.10. The van der Waals surface area contributed by atoms with Crippen molar-refractivity contribution in [3.8, 4) is 0 Å². The number of benzene rings is 1. The van der Waals surface area contributed by atoms with Crippen LogP contribution in [0.3, 0.4) is 0 Å². The van der Waals surface area contributed by atoms with Gasteiger partial charge in [-0.3, -0.25) is 4.79 Å². The Morgan fingerprint density at radius 1 is 1.22 bits per heavy atom. The molecule has 8 heteroatoms. The third-order valence-corrected chi connectivity index (χ3v) is 5.10. The van der Waals surface area contributed by atoms with Gasteiger partial charge in [-0.25, -0.2) is 18.7 Å². The van der Waals surface area contributed by atoms with Gasteiger partial charge in [-0.2, -0.15) is 0 Å². The molecule has 2 aliphatic heterocycles. The highest BCUT2D eigenvalue weighted by Gasteiger charge is 2.48. The van der Waals surface area contributed by atoms with E-state index < -0.39 is 11.6 Å². The van der Waals surface area contributed by atoms with Gasteiger partial charge in [0.25, 0.3) is 5.91 Å². The van der Waals surface area contributed by atoms with Crippen LogP contribution in [0, 0.1) is 17.6 Å². The van der Waals surface area contributed by atoms with Crippen molar-refractivity contribution >= 4 is 11.9 Å². The summed E-state index contributed by atoms with van der Waals surface area (Å²) in [5, 5.41) is 3.20. The molecule has 2 fully saturated rings. The van der Waals surface area contributed by atoms with Crippen LogP contribution in [0.1, 0.15) is 23.2 Å². The lowest BCUT2D eigenvalue weighted by atomic mass is 9.82. The van der Waals surface area contributed by atoms with E-state index in [4.69, 9.17) is 4.74 Å². The molecule has 2 aromatic rings. The van der Waals surface area contributed by atoms with E-state index in [0.717, 1.165) is 37.6 Å². The number of anilines is 1. The number of rotatable bonds is 4. The maximum Gasteiger partial charge on any atom is 0.254 e. The predicted octanol–water partition coefficient (Wildman–Crippen LogP) is 2.49. The standard InChI is InChI=1S/C19H20F2N4O2/c20-15-6-14(7-16(21)8-15)17(26)25-11-19(12-25)3-2-13(10-27-19)9-24-18-22-4-1-5-23-18/h1,4-8,13H,2-3,9-12H2,(H,22,23,24)/t13-/m0/s1. The van der Waals surface area contributed by atoms with Gasteiger partial charge in [-0.15, -0.1) is 0 Å². The van der Waals surface area contributed by atoms with Gasteiger partial charge in [0.05, 0.1) is 19.7 Å². The second-order valence-electron chi connectivity index (χ2n) is 7.17. The second kappa shape index (κ2) is 7.19. The van der Waals surface area contributed by atoms with E-state index in [1.165, 1.54) is 0 Å². The Morgan fingerprint density at radius 2 is 1.93 bits per heavy atom. The number of carbonyl (C=O) groups is 1. The SMILES string of the molecule is O=C(c1cc(F)cc(F)c1)N1CC2(CC[C@@H](CNc3ncccn3)CO2)C1. The lowest BCUT2D eigenvalue weighted by Crippen LogP contribution is -2.66. The molecule has 1 aromatic carbocycles. The van der Waals surface area contributed by atoms with Gasteiger partial charge in [0.1, 0.15) is 17.2 Å². The van der Waals surface area contributed by atoms with E-state index in [2.05, 4.69) is 15.3 Å². The Morgan fingerprint density at radius 3 is 2.56 bits per heavy atom. The Hall–Kier alpha value is -2.61. The maximum atomic E-state index is 13.3. The summed E-state index contributed by atoms with van der Waals surface area (Å²) in [6, 6.07) is 4.64. The average molecular weight is 374 g/mol. The first-order valence-corrected chi connectivity index (χ1v) is 8.93. The summed E-state index contributed by atoms with van der Waals surface area (Å²) in [5.41, 5.74) is -0.301. The molecule has 27 heavy (non-hydrogen) atoms. The first-order valence-electron chi connectivity index (χ1n) is 8.93. The number of halogens is 2. The highest BCUT2D eigenvalue weighted by molar-refractivity contribution is 5.95. The fourth-order valence-electron chi connectivity index (χ4n) is 3.61. The maximum absolute atomic E-state index is 13.3. The van der Waals surface area contributed by atoms with Crippen molar-refractivity contribution in [3.05, 3.63) is 53.9 Å². The van der Waals surface area contributed by atoms with Gasteiger partial charge >= 0.3 is 0 Å². The Kier molecular flexibility index (Phi) is 4.73. The van der Waals surface area contributed by atoms with Gasteiger partial charge in [0.2, 0.25) is 5.95 Å². The minimum atomic E-state index is -0.750. The second-order valence-corrected chi connectivity index (χ2v) is 7.17. The highest BCUT2D eigenvalue weighted by atomic mass is 19.1. The molecule has 0 radical (unpaired) electrons. The number of likely N-dealkylation sites (tertiary alicyclic amines) is 1. The molecule has 6 nitrogen and oxygen atoms in total. The molecule has 1 N–H and O–H groups in total. The molecule has 1 aromatic heterocycles. The molecule has 3 heterocycles. The molecular weight excluding hydrogens is 354 g/mol. The number of carbonyl (C=O) groups excluding carboxylic acids is 1. The zero-order chi connectivity index (χ0) is 18.9. The van der Waals surface area contributed by atoms with E-state index in [9.17, 15) is 13.6 Å². The summed E-state index contributed by atoms with van der Waals surface area (Å²) in [5.74, 6) is -0.921. The molecular formula is C19H20F2N4O2. The van der Waals surface area contributed by atoms with Gasteiger partial charge in [-0.05, 0) is 37.0 Å². The molecule has 142 valence electrons. The molecule has 0 unspecified atom stereocenters. The van der Waals surface area contributed by atoms with Crippen LogP contribution in [-0.2, 0) is 4.74 Å². The van der Waals surface area contributed by atoms with Gasteiger partial charge in [0.15, 0.2) is 0 Å². The topological polar surface area (TPSA) is 67.4 Å². The number of nitrogens with zero attached hydrogens (tertiary/aromatic N) is 3. The minimum absolute atomic E-state index is 0.0306. The largest absolute Gasteiger partial charge is 0.371 e. The van der Waals surface area contributed by atoms with Crippen LogP contribution in [0.25, 0.3) is 0 Å². The average Bonchev–Trinajstić information content (AvgIpc) is 2.64. The minimum Gasteiger partial charge on any atom is -0.371 e. The Balaban J connectivity index is 1.26. The van der Waals surface area contributed by atoms with Crippen molar-refractivity contribution < 1.29 is 18.3 Å². The fraction of sp³-hybridized carbons (Fsp3) is 0.421. The number of aromatic nitrogens is 2. The summed E-state index contributed by atoms with van der Waals surface area (Å²) < 4.78 is 32.7. The monoisotopic (exact) mass is 374 g/mol. The molecule has 2 aliphatic rings. The molecule has 0 bridgehead atoms. The van der Waals surface area contributed by atoms with E-state index in [1.54, 1.807) is 23.4 Å². The van der Waals surface area contributed by atoms with E-state index >= 15 is 0 Å². The molecule has 1 amide bonds. The van der Waals surface area contributed by atoms with Crippen LogP contribution >= 0.6 is 0 Å². The smallest absolute Gasteiger partial charge is 0.254 e. The van der Waals surface area contributed by atoms with Crippen molar-refractivity contribution in [1.82, 2.24) is 14.9 Å². The van der Waals surface area contributed by atoms with E-state index in [1.807, 2.05) is 0 Å². The highest BCUT2D eigenvalue weighted by Crippen LogP contribution is 2.36. The number of ether oxygens (including phenoxy) is 1. The van der Waals surface area contributed by atoms with E-state index in [-0.39, 0.29) is 17.1 Å². The lowest BCUT2D eigenvalue weighted by Gasteiger charge is -2.52. The van der Waals surface area contributed by atoms with Crippen molar-refractivity contribution in [2.24, 2.45) is 5.92 Å². The normalized spacial score (nSPS) is 21.0. The predicted molar refractivity (Wildman–Crippen MR) is 94.2 cm³/mol. The lowest BCUT2D eigenvalue weighted by molar-refractivity contribution is -0.165. The van der Waals surface area contributed by atoms with Crippen molar-refractivity contribution in [3.63, 3.8) is 0 Å². The molecule has 2 saturated heterocycles. The summed E-state index contributed by atoms with van der Waals surface area (Å²) >= 11 is 0. The van der Waals surface area contributed by atoms with Crippen molar-refractivity contribution in [1.29, 1.82) is 0 Å². The molecule has 4 rings (SSSR count).